The Kier molecular flexibility index (Phi) is 5.56. The lowest BCUT2D eigenvalue weighted by Gasteiger charge is -2.22. The molecule has 0 bridgehead atoms. The van der Waals surface area contributed by atoms with Crippen molar-refractivity contribution in [1.82, 2.24) is 4.98 Å². The number of aliphatic carboxylic acids is 1. The molecule has 0 spiro atoms. The highest BCUT2D eigenvalue weighted by atomic mass is 35.5. The Morgan fingerprint density at radius 3 is 2.32 bits per heavy atom. The number of carboxylic acid groups (broad SMARTS) is 1. The molecule has 2 aromatic rings. The van der Waals surface area contributed by atoms with Crippen LogP contribution in [0.5, 0.6) is 0 Å². The highest BCUT2D eigenvalue weighted by Gasteiger charge is 2.32. The van der Waals surface area contributed by atoms with Crippen molar-refractivity contribution in [2.75, 3.05) is 0 Å². The van der Waals surface area contributed by atoms with Gasteiger partial charge in [0, 0.05) is 29.0 Å². The van der Waals surface area contributed by atoms with Gasteiger partial charge in [0.05, 0.1) is 0 Å². The normalized spacial score (nSPS) is 13.6. The second-order valence-electron chi connectivity index (χ2n) is 5.38. The van der Waals surface area contributed by atoms with Crippen LogP contribution in [0.15, 0.2) is 47.7 Å². The standard InChI is InChI=1S/C16H13ClF2N4O2/c1-16(18,19)12-7-4-10(8-21-12)13(14(15(24)25)22-23-20)9-2-5-11(17)6-3-9/h2-8,13-14H,1H3,(H,24,25)/t13-,14?/m0/s1. The molecule has 2 rings (SSSR count). The van der Waals surface area contributed by atoms with E-state index in [9.17, 15) is 18.7 Å². The van der Waals surface area contributed by atoms with Crippen molar-refractivity contribution in [2.45, 2.75) is 24.8 Å². The maximum Gasteiger partial charge on any atom is 0.313 e. The molecule has 1 N–H and O–H groups in total. The van der Waals surface area contributed by atoms with E-state index in [0.717, 1.165) is 12.3 Å². The zero-order chi connectivity index (χ0) is 18.6. The Bertz CT molecular complexity index is 798. The summed E-state index contributed by atoms with van der Waals surface area (Å²) in [7, 11) is 0. The third-order valence-corrected chi connectivity index (χ3v) is 3.82. The number of benzene rings is 1. The van der Waals surface area contributed by atoms with Gasteiger partial charge in [0.1, 0.15) is 11.7 Å². The fourth-order valence-electron chi connectivity index (χ4n) is 2.39. The number of carboxylic acids is 1. The van der Waals surface area contributed by atoms with Crippen molar-refractivity contribution in [3.8, 4) is 0 Å². The molecular weight excluding hydrogens is 354 g/mol. The minimum absolute atomic E-state index is 0.329. The SMILES string of the molecule is CC(F)(F)c1ccc([C@H](c2ccc(Cl)cc2)C(N=[N+]=[N-])C(=O)O)cn1. The minimum atomic E-state index is -3.12. The molecule has 0 aliphatic rings. The first kappa shape index (κ1) is 18.6. The van der Waals surface area contributed by atoms with Gasteiger partial charge in [-0.05, 0) is 34.9 Å². The number of hydrogen-bond acceptors (Lipinski definition) is 3. The first-order chi connectivity index (χ1) is 11.7. The van der Waals surface area contributed by atoms with Gasteiger partial charge < -0.3 is 5.11 Å². The van der Waals surface area contributed by atoms with Crippen molar-refractivity contribution >= 4 is 17.6 Å². The average Bonchev–Trinajstić information content (AvgIpc) is 2.55. The lowest BCUT2D eigenvalue weighted by Crippen LogP contribution is -2.27. The van der Waals surface area contributed by atoms with E-state index in [0.29, 0.717) is 23.1 Å². The second-order valence-corrected chi connectivity index (χ2v) is 5.82. The zero-order valence-electron chi connectivity index (χ0n) is 13.0. The second kappa shape index (κ2) is 7.46. The van der Waals surface area contributed by atoms with Crippen molar-refractivity contribution in [3.63, 3.8) is 0 Å². The van der Waals surface area contributed by atoms with Crippen LogP contribution in [0, 0.1) is 0 Å². The molecule has 0 aliphatic carbocycles. The topological polar surface area (TPSA) is 99.0 Å². The summed E-state index contributed by atoms with van der Waals surface area (Å²) in [6.07, 6.45) is 1.16. The number of hydrogen-bond donors (Lipinski definition) is 1. The quantitative estimate of drug-likeness (QED) is 0.454. The van der Waals surface area contributed by atoms with E-state index in [1.54, 1.807) is 24.3 Å². The summed E-state index contributed by atoms with van der Waals surface area (Å²) in [4.78, 5) is 17.8. The summed E-state index contributed by atoms with van der Waals surface area (Å²) in [6, 6.07) is 7.27. The van der Waals surface area contributed by atoms with Gasteiger partial charge in [0.25, 0.3) is 5.92 Å². The number of alkyl halides is 2. The molecule has 2 atom stereocenters. The predicted molar refractivity (Wildman–Crippen MR) is 87.7 cm³/mol. The Hall–Kier alpha value is -2.70. The van der Waals surface area contributed by atoms with Gasteiger partial charge in [0.15, 0.2) is 0 Å². The predicted octanol–water partition coefficient (Wildman–Crippen LogP) is 4.74. The molecule has 9 heteroatoms. The number of halogens is 3. The van der Waals surface area contributed by atoms with E-state index >= 15 is 0 Å². The molecule has 0 saturated heterocycles. The molecule has 1 aromatic carbocycles. The maximum absolute atomic E-state index is 13.3. The molecule has 0 fully saturated rings. The molecule has 6 nitrogen and oxygen atoms in total. The molecule has 0 radical (unpaired) electrons. The Morgan fingerprint density at radius 1 is 1.28 bits per heavy atom. The van der Waals surface area contributed by atoms with Crippen molar-refractivity contribution in [1.29, 1.82) is 0 Å². The highest BCUT2D eigenvalue weighted by molar-refractivity contribution is 6.30. The molecular formula is C16H13ClF2N4O2. The van der Waals surface area contributed by atoms with E-state index in [4.69, 9.17) is 17.1 Å². The molecule has 1 unspecified atom stereocenters. The molecule has 25 heavy (non-hydrogen) atoms. The van der Waals surface area contributed by atoms with Crippen LogP contribution in [0.25, 0.3) is 10.4 Å². The van der Waals surface area contributed by atoms with Crippen LogP contribution in [0.4, 0.5) is 8.78 Å². The Balaban J connectivity index is 2.56. The first-order valence-corrected chi connectivity index (χ1v) is 7.48. The van der Waals surface area contributed by atoms with Crippen LogP contribution in [0.2, 0.25) is 5.02 Å². The zero-order valence-corrected chi connectivity index (χ0v) is 13.7. The van der Waals surface area contributed by atoms with Crippen LogP contribution in [-0.2, 0) is 10.7 Å². The van der Waals surface area contributed by atoms with E-state index in [1.165, 1.54) is 6.07 Å². The van der Waals surface area contributed by atoms with Crippen LogP contribution in [0.1, 0.15) is 29.7 Å². The average molecular weight is 367 g/mol. The number of aromatic nitrogens is 1. The van der Waals surface area contributed by atoms with Crippen LogP contribution in [0.3, 0.4) is 0 Å². The van der Waals surface area contributed by atoms with Gasteiger partial charge in [-0.3, -0.25) is 9.78 Å². The Labute approximate surface area is 146 Å². The first-order valence-electron chi connectivity index (χ1n) is 7.10. The number of carbonyl (C=O) groups is 1. The summed E-state index contributed by atoms with van der Waals surface area (Å²) in [5.74, 6) is -5.37. The molecule has 1 aromatic heterocycles. The summed E-state index contributed by atoms with van der Waals surface area (Å²) >= 11 is 5.84. The third kappa shape index (κ3) is 4.43. The highest BCUT2D eigenvalue weighted by Crippen LogP contribution is 2.32. The minimum Gasteiger partial charge on any atom is -0.481 e. The smallest absolute Gasteiger partial charge is 0.313 e. The Morgan fingerprint density at radius 2 is 1.88 bits per heavy atom. The summed E-state index contributed by atoms with van der Waals surface area (Å²) in [6.45, 7) is 0.714. The van der Waals surface area contributed by atoms with Gasteiger partial charge in [-0.25, -0.2) is 0 Å². The molecule has 0 saturated carbocycles. The van der Waals surface area contributed by atoms with Crippen molar-refractivity contribution < 1.29 is 18.7 Å². The van der Waals surface area contributed by atoms with Gasteiger partial charge in [-0.2, -0.15) is 8.78 Å². The largest absolute Gasteiger partial charge is 0.481 e. The maximum atomic E-state index is 13.3. The lowest BCUT2D eigenvalue weighted by molar-refractivity contribution is -0.138. The lowest BCUT2D eigenvalue weighted by atomic mass is 9.86. The number of rotatable bonds is 6. The molecule has 0 amide bonds. The molecule has 130 valence electrons. The fraction of sp³-hybridized carbons (Fsp3) is 0.250. The monoisotopic (exact) mass is 366 g/mol. The van der Waals surface area contributed by atoms with Gasteiger partial charge in [-0.1, -0.05) is 34.9 Å². The van der Waals surface area contributed by atoms with Gasteiger partial charge >= 0.3 is 5.97 Å². The van der Waals surface area contributed by atoms with Crippen LogP contribution < -0.4 is 0 Å². The molecule has 0 aliphatic heterocycles. The van der Waals surface area contributed by atoms with Crippen molar-refractivity contribution in [3.05, 3.63) is 74.9 Å². The van der Waals surface area contributed by atoms with E-state index in [1.807, 2.05) is 0 Å². The fourth-order valence-corrected chi connectivity index (χ4v) is 2.52. The van der Waals surface area contributed by atoms with Crippen LogP contribution in [-0.4, -0.2) is 22.1 Å². The number of azide groups is 1. The molecule has 1 heterocycles. The van der Waals surface area contributed by atoms with E-state index in [2.05, 4.69) is 15.0 Å². The summed E-state index contributed by atoms with van der Waals surface area (Å²) < 4.78 is 26.6. The summed E-state index contributed by atoms with van der Waals surface area (Å²) in [5.41, 5.74) is 9.07. The van der Waals surface area contributed by atoms with E-state index in [-0.39, 0.29) is 0 Å². The number of pyridine rings is 1. The van der Waals surface area contributed by atoms with Gasteiger partial charge in [0.2, 0.25) is 0 Å². The van der Waals surface area contributed by atoms with Crippen molar-refractivity contribution in [2.24, 2.45) is 5.11 Å². The summed E-state index contributed by atoms with van der Waals surface area (Å²) in [5, 5.41) is 13.2. The van der Waals surface area contributed by atoms with E-state index < -0.39 is 29.5 Å². The van der Waals surface area contributed by atoms with Gasteiger partial charge in [-0.15, -0.1) is 0 Å². The third-order valence-electron chi connectivity index (χ3n) is 3.57. The number of nitrogens with zero attached hydrogens (tertiary/aromatic N) is 4. The van der Waals surface area contributed by atoms with Crippen LogP contribution >= 0.6 is 11.6 Å².